The monoisotopic (exact) mass is 312 g/mol. The molecule has 0 radical (unpaired) electrons. The van der Waals surface area contributed by atoms with Crippen LogP contribution in [0.2, 0.25) is 0 Å². The summed E-state index contributed by atoms with van der Waals surface area (Å²) in [6.07, 6.45) is 0. The molecule has 1 aliphatic rings. The number of benzene rings is 2. The molecule has 1 amide bonds. The van der Waals surface area contributed by atoms with Gasteiger partial charge in [-0.15, -0.1) is 0 Å². The third kappa shape index (κ3) is 3.81. The minimum absolute atomic E-state index is 0.402. The Morgan fingerprint density at radius 3 is 2.30 bits per heavy atom. The molecule has 0 atom stereocenters. The van der Waals surface area contributed by atoms with E-state index in [2.05, 4.69) is 18.0 Å². The summed E-state index contributed by atoms with van der Waals surface area (Å²) < 4.78 is 11.1. The van der Waals surface area contributed by atoms with Gasteiger partial charge in [-0.3, -0.25) is 9.69 Å². The number of amides is 1. The number of rotatable bonds is 5. The first kappa shape index (κ1) is 15.4. The molecular formula is C18H20N2O3. The molecule has 0 bridgehead atoms. The fourth-order valence-electron chi connectivity index (χ4n) is 2.64. The van der Waals surface area contributed by atoms with Crippen molar-refractivity contribution in [2.75, 3.05) is 20.3 Å². The average molecular weight is 312 g/mol. The van der Waals surface area contributed by atoms with Crippen LogP contribution in [-0.2, 0) is 13.1 Å². The Bertz CT molecular complexity index is 698. The van der Waals surface area contributed by atoms with Gasteiger partial charge in [-0.2, -0.15) is 0 Å². The van der Waals surface area contributed by atoms with Crippen LogP contribution in [-0.4, -0.2) is 31.1 Å². The quantitative estimate of drug-likeness (QED) is 0.919. The van der Waals surface area contributed by atoms with E-state index < -0.39 is 5.91 Å². The van der Waals surface area contributed by atoms with Crippen LogP contribution < -0.4 is 15.2 Å². The molecule has 0 fully saturated rings. The third-order valence-electron chi connectivity index (χ3n) is 3.75. The molecule has 2 N–H and O–H groups in total. The Hall–Kier alpha value is -2.53. The molecule has 0 spiro atoms. The largest absolute Gasteiger partial charge is 0.486 e. The van der Waals surface area contributed by atoms with E-state index in [0.717, 1.165) is 30.2 Å². The minimum Gasteiger partial charge on any atom is -0.486 e. The molecule has 2 aromatic rings. The van der Waals surface area contributed by atoms with Crippen LogP contribution in [0, 0.1) is 0 Å². The SMILES string of the molecule is CN(Cc1ccc(C(N)=O)cc1)Cc1ccc2c(c1)OCCO2. The van der Waals surface area contributed by atoms with Crippen molar-refractivity contribution in [3.8, 4) is 11.5 Å². The lowest BCUT2D eigenvalue weighted by Crippen LogP contribution is -2.19. The maximum Gasteiger partial charge on any atom is 0.248 e. The highest BCUT2D eigenvalue weighted by Crippen LogP contribution is 2.31. The molecule has 23 heavy (non-hydrogen) atoms. The lowest BCUT2D eigenvalue weighted by atomic mass is 10.1. The molecule has 1 aliphatic heterocycles. The van der Waals surface area contributed by atoms with Crippen LogP contribution in [0.4, 0.5) is 0 Å². The zero-order valence-electron chi connectivity index (χ0n) is 13.1. The van der Waals surface area contributed by atoms with E-state index in [0.29, 0.717) is 18.8 Å². The van der Waals surface area contributed by atoms with E-state index in [1.807, 2.05) is 24.3 Å². The topological polar surface area (TPSA) is 64.8 Å². The van der Waals surface area contributed by atoms with Gasteiger partial charge in [0.25, 0.3) is 0 Å². The molecule has 5 heteroatoms. The second-order valence-corrected chi connectivity index (χ2v) is 5.71. The van der Waals surface area contributed by atoms with E-state index in [9.17, 15) is 4.79 Å². The number of nitrogens with two attached hydrogens (primary N) is 1. The summed E-state index contributed by atoms with van der Waals surface area (Å²) in [5, 5.41) is 0. The van der Waals surface area contributed by atoms with Crippen LogP contribution in [0.3, 0.4) is 0 Å². The van der Waals surface area contributed by atoms with Crippen molar-refractivity contribution in [3.05, 3.63) is 59.2 Å². The van der Waals surface area contributed by atoms with Crippen molar-refractivity contribution in [2.24, 2.45) is 5.73 Å². The highest BCUT2D eigenvalue weighted by atomic mass is 16.6. The predicted octanol–water partition coefficient (Wildman–Crippen LogP) is 2.19. The number of hydrogen-bond acceptors (Lipinski definition) is 4. The number of ether oxygens (including phenoxy) is 2. The van der Waals surface area contributed by atoms with E-state index in [1.54, 1.807) is 12.1 Å². The second kappa shape index (κ2) is 6.71. The van der Waals surface area contributed by atoms with E-state index in [-0.39, 0.29) is 0 Å². The Kier molecular flexibility index (Phi) is 4.48. The number of carbonyl (C=O) groups excluding carboxylic acids is 1. The van der Waals surface area contributed by atoms with Gasteiger partial charge in [0.2, 0.25) is 5.91 Å². The first-order valence-electron chi connectivity index (χ1n) is 7.57. The summed E-state index contributed by atoms with van der Waals surface area (Å²) >= 11 is 0. The van der Waals surface area contributed by atoms with Gasteiger partial charge in [-0.1, -0.05) is 18.2 Å². The van der Waals surface area contributed by atoms with Gasteiger partial charge in [0.05, 0.1) is 0 Å². The van der Waals surface area contributed by atoms with Crippen LogP contribution >= 0.6 is 0 Å². The molecule has 0 aliphatic carbocycles. The van der Waals surface area contributed by atoms with Crippen LogP contribution in [0.1, 0.15) is 21.5 Å². The number of hydrogen-bond donors (Lipinski definition) is 1. The normalized spacial score (nSPS) is 13.1. The fourth-order valence-corrected chi connectivity index (χ4v) is 2.64. The maximum atomic E-state index is 11.1. The van der Waals surface area contributed by atoms with Crippen LogP contribution in [0.5, 0.6) is 11.5 Å². The van der Waals surface area contributed by atoms with Crippen molar-refractivity contribution in [3.63, 3.8) is 0 Å². The average Bonchev–Trinajstić information content (AvgIpc) is 2.55. The lowest BCUT2D eigenvalue weighted by molar-refractivity contribution is 0.100. The third-order valence-corrected chi connectivity index (χ3v) is 3.75. The number of nitrogens with zero attached hydrogens (tertiary/aromatic N) is 1. The molecule has 0 unspecified atom stereocenters. The molecule has 1 heterocycles. The van der Waals surface area contributed by atoms with Gasteiger partial charge in [0.15, 0.2) is 11.5 Å². The zero-order valence-corrected chi connectivity index (χ0v) is 13.1. The summed E-state index contributed by atoms with van der Waals surface area (Å²) in [6.45, 7) is 2.79. The second-order valence-electron chi connectivity index (χ2n) is 5.71. The zero-order chi connectivity index (χ0) is 16.2. The van der Waals surface area contributed by atoms with Crippen molar-refractivity contribution in [2.45, 2.75) is 13.1 Å². The van der Waals surface area contributed by atoms with Gasteiger partial charge < -0.3 is 15.2 Å². The van der Waals surface area contributed by atoms with E-state index >= 15 is 0 Å². The molecule has 0 saturated carbocycles. The van der Waals surface area contributed by atoms with Gasteiger partial charge in [-0.25, -0.2) is 0 Å². The van der Waals surface area contributed by atoms with Crippen molar-refractivity contribution < 1.29 is 14.3 Å². The van der Waals surface area contributed by atoms with E-state index in [1.165, 1.54) is 5.56 Å². The predicted molar refractivity (Wildman–Crippen MR) is 87.6 cm³/mol. The van der Waals surface area contributed by atoms with Crippen LogP contribution in [0.15, 0.2) is 42.5 Å². The summed E-state index contributed by atoms with van der Waals surface area (Å²) in [7, 11) is 2.05. The summed E-state index contributed by atoms with van der Waals surface area (Å²) in [5.41, 5.74) is 8.09. The Morgan fingerprint density at radius 2 is 1.61 bits per heavy atom. The summed E-state index contributed by atoms with van der Waals surface area (Å²) in [4.78, 5) is 13.3. The molecule has 0 saturated heterocycles. The van der Waals surface area contributed by atoms with Gasteiger partial charge in [0, 0.05) is 18.7 Å². The number of carbonyl (C=O) groups is 1. The lowest BCUT2D eigenvalue weighted by Gasteiger charge is -2.21. The van der Waals surface area contributed by atoms with E-state index in [4.69, 9.17) is 15.2 Å². The van der Waals surface area contributed by atoms with Crippen molar-refractivity contribution in [1.29, 1.82) is 0 Å². The molecule has 3 rings (SSSR count). The Balaban J connectivity index is 1.62. The first-order chi connectivity index (χ1) is 11.1. The first-order valence-corrected chi connectivity index (χ1v) is 7.57. The molecule has 2 aromatic carbocycles. The highest BCUT2D eigenvalue weighted by molar-refractivity contribution is 5.92. The van der Waals surface area contributed by atoms with Crippen LogP contribution in [0.25, 0.3) is 0 Å². The maximum absolute atomic E-state index is 11.1. The summed E-state index contributed by atoms with van der Waals surface area (Å²) in [6, 6.07) is 13.4. The smallest absolute Gasteiger partial charge is 0.248 e. The Labute approximate surface area is 135 Å². The van der Waals surface area contributed by atoms with Crippen molar-refractivity contribution in [1.82, 2.24) is 4.90 Å². The molecule has 0 aromatic heterocycles. The molecule has 5 nitrogen and oxygen atoms in total. The number of fused-ring (bicyclic) bond motifs is 1. The standard InChI is InChI=1S/C18H20N2O3/c1-20(11-13-2-5-15(6-3-13)18(19)21)12-14-4-7-16-17(10-14)23-9-8-22-16/h2-7,10H,8-9,11-12H2,1H3,(H2,19,21). The fraction of sp³-hybridized carbons (Fsp3) is 0.278. The minimum atomic E-state index is -0.402. The van der Waals surface area contributed by atoms with Gasteiger partial charge in [-0.05, 0) is 42.4 Å². The Morgan fingerprint density at radius 1 is 1.00 bits per heavy atom. The number of primary amides is 1. The molecular weight excluding hydrogens is 292 g/mol. The van der Waals surface area contributed by atoms with Gasteiger partial charge >= 0.3 is 0 Å². The van der Waals surface area contributed by atoms with Gasteiger partial charge in [0.1, 0.15) is 13.2 Å². The molecule has 120 valence electrons. The summed E-state index contributed by atoms with van der Waals surface area (Å²) in [5.74, 6) is 1.22. The van der Waals surface area contributed by atoms with Crippen molar-refractivity contribution >= 4 is 5.91 Å². The highest BCUT2D eigenvalue weighted by Gasteiger charge is 2.12.